The van der Waals surface area contributed by atoms with Gasteiger partial charge in [-0.15, -0.1) is 0 Å². The molecule has 27 heavy (non-hydrogen) atoms. The number of rotatable bonds is 5. The van der Waals surface area contributed by atoms with Crippen molar-refractivity contribution >= 4 is 12.0 Å². The molecule has 0 heterocycles. The van der Waals surface area contributed by atoms with E-state index in [4.69, 9.17) is 4.74 Å². The summed E-state index contributed by atoms with van der Waals surface area (Å²) in [6.07, 6.45) is -0.565. The number of aryl methyl sites for hydroxylation is 1. The summed E-state index contributed by atoms with van der Waals surface area (Å²) in [5.74, 6) is -1.13. The molecule has 2 N–H and O–H groups in total. The molecule has 5 nitrogen and oxygen atoms in total. The average molecular weight is 372 g/mol. The summed E-state index contributed by atoms with van der Waals surface area (Å²) in [6.45, 7) is 7.61. The number of hydrogen-bond donors (Lipinski definition) is 2. The number of ether oxygens (including phenoxy) is 1. The van der Waals surface area contributed by atoms with Gasteiger partial charge in [0.1, 0.15) is 11.4 Å². The lowest BCUT2D eigenvalue weighted by Crippen LogP contribution is -2.38. The summed E-state index contributed by atoms with van der Waals surface area (Å²) >= 11 is 0. The lowest BCUT2D eigenvalue weighted by molar-refractivity contribution is 0.0526. The first-order chi connectivity index (χ1) is 12.7. The van der Waals surface area contributed by atoms with Gasteiger partial charge < -0.3 is 15.4 Å². The molecule has 0 fully saturated rings. The second-order valence-electron chi connectivity index (χ2n) is 7.25. The summed E-state index contributed by atoms with van der Waals surface area (Å²) in [7, 11) is 0. The first-order valence-corrected chi connectivity index (χ1v) is 8.77. The van der Waals surface area contributed by atoms with E-state index in [1.807, 2.05) is 31.2 Å². The van der Waals surface area contributed by atoms with Gasteiger partial charge in [-0.1, -0.05) is 35.9 Å². The van der Waals surface area contributed by atoms with Crippen molar-refractivity contribution in [1.29, 1.82) is 0 Å². The normalized spacial score (nSPS) is 11.0. The number of hydrogen-bond acceptors (Lipinski definition) is 3. The summed E-state index contributed by atoms with van der Waals surface area (Å²) in [5, 5.41) is 5.13. The maximum Gasteiger partial charge on any atom is 0.407 e. The number of nitrogens with one attached hydrogen (secondary N) is 2. The third-order valence-corrected chi connectivity index (χ3v) is 3.67. The zero-order chi connectivity index (χ0) is 20.0. The minimum atomic E-state index is -0.594. The first-order valence-electron chi connectivity index (χ1n) is 8.77. The van der Waals surface area contributed by atoms with Crippen molar-refractivity contribution in [3.8, 4) is 11.1 Å². The van der Waals surface area contributed by atoms with Crippen LogP contribution in [0.5, 0.6) is 0 Å². The van der Waals surface area contributed by atoms with Crippen LogP contribution in [-0.2, 0) is 4.74 Å². The molecule has 0 atom stereocenters. The fraction of sp³-hybridized carbons (Fsp3) is 0.333. The van der Waals surface area contributed by atoms with E-state index in [2.05, 4.69) is 10.6 Å². The van der Waals surface area contributed by atoms with E-state index >= 15 is 0 Å². The molecule has 0 aliphatic heterocycles. The summed E-state index contributed by atoms with van der Waals surface area (Å²) in [6, 6.07) is 12.2. The van der Waals surface area contributed by atoms with Crippen LogP contribution >= 0.6 is 0 Å². The van der Waals surface area contributed by atoms with Gasteiger partial charge in [-0.25, -0.2) is 9.18 Å². The molecule has 0 spiro atoms. The quantitative estimate of drug-likeness (QED) is 0.778. The molecule has 0 radical (unpaired) electrons. The smallest absolute Gasteiger partial charge is 0.407 e. The molecule has 6 heteroatoms. The van der Waals surface area contributed by atoms with Crippen LogP contribution in [0.4, 0.5) is 9.18 Å². The van der Waals surface area contributed by atoms with Crippen molar-refractivity contribution in [3.63, 3.8) is 0 Å². The van der Waals surface area contributed by atoms with Crippen molar-refractivity contribution < 1.29 is 18.7 Å². The maximum atomic E-state index is 14.1. The number of carbonyl (C=O) groups excluding carboxylic acids is 2. The third-order valence-electron chi connectivity index (χ3n) is 3.67. The van der Waals surface area contributed by atoms with Crippen LogP contribution in [0.15, 0.2) is 42.5 Å². The molecular weight excluding hydrogens is 347 g/mol. The molecular formula is C21H25FN2O3. The Morgan fingerprint density at radius 2 is 1.56 bits per heavy atom. The number of amides is 2. The van der Waals surface area contributed by atoms with Crippen LogP contribution in [0, 0.1) is 12.7 Å². The van der Waals surface area contributed by atoms with E-state index in [-0.39, 0.29) is 18.7 Å². The van der Waals surface area contributed by atoms with Crippen molar-refractivity contribution in [2.75, 3.05) is 13.1 Å². The molecule has 2 aromatic rings. The van der Waals surface area contributed by atoms with Gasteiger partial charge in [-0.05, 0) is 51.0 Å². The zero-order valence-corrected chi connectivity index (χ0v) is 16.1. The van der Waals surface area contributed by atoms with Gasteiger partial charge in [0, 0.05) is 13.1 Å². The van der Waals surface area contributed by atoms with E-state index in [1.54, 1.807) is 26.8 Å². The Balaban J connectivity index is 1.95. The molecule has 0 aliphatic rings. The predicted molar refractivity (Wildman–Crippen MR) is 103 cm³/mol. The van der Waals surface area contributed by atoms with Crippen LogP contribution in [0.1, 0.15) is 36.7 Å². The topological polar surface area (TPSA) is 67.4 Å². The Bertz CT molecular complexity index is 811. The first kappa shape index (κ1) is 20.4. The van der Waals surface area contributed by atoms with Gasteiger partial charge >= 0.3 is 6.09 Å². The minimum Gasteiger partial charge on any atom is -0.444 e. The van der Waals surface area contributed by atoms with E-state index in [1.165, 1.54) is 12.1 Å². The highest BCUT2D eigenvalue weighted by atomic mass is 19.1. The highest BCUT2D eigenvalue weighted by molar-refractivity contribution is 5.95. The van der Waals surface area contributed by atoms with E-state index in [9.17, 15) is 14.0 Å². The van der Waals surface area contributed by atoms with Crippen molar-refractivity contribution in [2.24, 2.45) is 0 Å². The lowest BCUT2D eigenvalue weighted by atomic mass is 10.0. The van der Waals surface area contributed by atoms with Crippen molar-refractivity contribution in [1.82, 2.24) is 10.6 Å². The highest BCUT2D eigenvalue weighted by Gasteiger charge is 2.16. The molecule has 144 valence electrons. The van der Waals surface area contributed by atoms with Crippen LogP contribution < -0.4 is 10.6 Å². The molecule has 2 amide bonds. The molecule has 0 saturated heterocycles. The monoisotopic (exact) mass is 372 g/mol. The van der Waals surface area contributed by atoms with Crippen molar-refractivity contribution in [2.45, 2.75) is 33.3 Å². The molecule has 2 aromatic carbocycles. The number of carbonyl (C=O) groups is 2. The highest BCUT2D eigenvalue weighted by Crippen LogP contribution is 2.22. The third kappa shape index (κ3) is 6.40. The Morgan fingerprint density at radius 1 is 0.963 bits per heavy atom. The molecule has 2 rings (SSSR count). The Morgan fingerprint density at radius 3 is 2.19 bits per heavy atom. The Hall–Kier alpha value is -2.89. The second-order valence-corrected chi connectivity index (χ2v) is 7.25. The molecule has 0 unspecified atom stereocenters. The van der Waals surface area contributed by atoms with E-state index in [0.29, 0.717) is 0 Å². The zero-order valence-electron chi connectivity index (χ0n) is 16.1. The van der Waals surface area contributed by atoms with Gasteiger partial charge in [-0.2, -0.15) is 0 Å². The molecule has 0 bridgehead atoms. The van der Waals surface area contributed by atoms with Gasteiger partial charge in [0.15, 0.2) is 0 Å². The van der Waals surface area contributed by atoms with Crippen LogP contribution in [-0.4, -0.2) is 30.7 Å². The summed E-state index contributed by atoms with van der Waals surface area (Å²) < 4.78 is 19.2. The fourth-order valence-electron chi connectivity index (χ4n) is 2.37. The minimum absolute atomic E-state index is 0.0367. The Kier molecular flexibility index (Phi) is 6.55. The van der Waals surface area contributed by atoms with E-state index < -0.39 is 23.4 Å². The number of halogens is 1. The lowest BCUT2D eigenvalue weighted by Gasteiger charge is -2.19. The molecule has 0 aromatic heterocycles. The SMILES string of the molecule is Cc1ccc(-c2ccc(F)c(C(=O)NCCNC(=O)OC(C)(C)C)c2)cc1. The number of alkyl carbamates (subject to hydrolysis) is 1. The molecule has 0 saturated carbocycles. The van der Waals surface area contributed by atoms with Gasteiger partial charge in [-0.3, -0.25) is 4.79 Å². The van der Waals surface area contributed by atoms with Gasteiger partial charge in [0.2, 0.25) is 0 Å². The largest absolute Gasteiger partial charge is 0.444 e. The summed E-state index contributed by atoms with van der Waals surface area (Å²) in [4.78, 5) is 23.8. The van der Waals surface area contributed by atoms with Crippen LogP contribution in [0.25, 0.3) is 11.1 Å². The van der Waals surface area contributed by atoms with Crippen LogP contribution in [0.3, 0.4) is 0 Å². The molecule has 0 aliphatic carbocycles. The van der Waals surface area contributed by atoms with Gasteiger partial charge in [0.25, 0.3) is 5.91 Å². The predicted octanol–water partition coefficient (Wildman–Crippen LogP) is 4.06. The fourth-order valence-corrected chi connectivity index (χ4v) is 2.37. The standard InChI is InChI=1S/C21H25FN2O3/c1-14-5-7-15(8-6-14)16-9-10-18(22)17(13-16)19(25)23-11-12-24-20(26)27-21(2,3)4/h5-10,13H,11-12H2,1-4H3,(H,23,25)(H,24,26). The van der Waals surface area contributed by atoms with Gasteiger partial charge in [0.05, 0.1) is 5.56 Å². The van der Waals surface area contributed by atoms with Crippen LogP contribution in [0.2, 0.25) is 0 Å². The van der Waals surface area contributed by atoms with Crippen molar-refractivity contribution in [3.05, 3.63) is 59.4 Å². The van der Waals surface area contributed by atoms with E-state index in [0.717, 1.165) is 16.7 Å². The second kappa shape index (κ2) is 8.66. The summed E-state index contributed by atoms with van der Waals surface area (Å²) in [5.41, 5.74) is 2.16. The number of benzene rings is 2. The Labute approximate surface area is 158 Å². The average Bonchev–Trinajstić information content (AvgIpc) is 2.58. The maximum absolute atomic E-state index is 14.1.